The Morgan fingerprint density at radius 1 is 1.35 bits per heavy atom. The minimum Gasteiger partial charge on any atom is -0.497 e. The summed E-state index contributed by atoms with van der Waals surface area (Å²) in [5.74, 6) is 2.19. The van der Waals surface area contributed by atoms with Gasteiger partial charge < -0.3 is 14.8 Å². The summed E-state index contributed by atoms with van der Waals surface area (Å²) in [5, 5.41) is 3.27. The van der Waals surface area contributed by atoms with Gasteiger partial charge in [0.1, 0.15) is 11.5 Å². The third-order valence-corrected chi connectivity index (χ3v) is 4.58. The van der Waals surface area contributed by atoms with Gasteiger partial charge in [-0.05, 0) is 6.07 Å². The first-order valence-electron chi connectivity index (χ1n) is 5.56. The summed E-state index contributed by atoms with van der Waals surface area (Å²) in [6.45, 7) is 1.55. The summed E-state index contributed by atoms with van der Waals surface area (Å²) >= 11 is 0. The Hall–Kier alpha value is -1.07. The molecule has 4 nitrogen and oxygen atoms in total. The smallest absolute Gasteiger partial charge is 0.127 e. The van der Waals surface area contributed by atoms with Gasteiger partial charge >= 0.3 is 0 Å². The van der Waals surface area contributed by atoms with Crippen LogP contribution in [0.4, 0.5) is 0 Å². The van der Waals surface area contributed by atoms with E-state index in [1.165, 1.54) is 0 Å². The van der Waals surface area contributed by atoms with Crippen molar-refractivity contribution in [3.05, 3.63) is 23.8 Å². The number of hydrogen-bond donors (Lipinski definition) is 1. The third-order valence-electron chi connectivity index (χ3n) is 2.91. The van der Waals surface area contributed by atoms with Crippen molar-refractivity contribution in [2.45, 2.75) is 5.25 Å². The number of benzene rings is 1. The van der Waals surface area contributed by atoms with Gasteiger partial charge in [-0.15, -0.1) is 0 Å². The molecule has 1 fully saturated rings. The molecule has 2 atom stereocenters. The summed E-state index contributed by atoms with van der Waals surface area (Å²) in [4.78, 5) is 0. The average Bonchev–Trinajstić information content (AvgIpc) is 2.38. The topological polar surface area (TPSA) is 47.6 Å². The zero-order chi connectivity index (χ0) is 12.3. The number of hydrogen-bond acceptors (Lipinski definition) is 4. The second-order valence-electron chi connectivity index (χ2n) is 3.89. The standard InChI is InChI=1S/C12H17NO3S/c1-15-9-3-4-10(11(7-9)16-2)12-8-13-5-6-17(12)14/h3-4,7,12-13H,5-6,8H2,1-2H3. The van der Waals surface area contributed by atoms with E-state index < -0.39 is 10.8 Å². The minimum absolute atomic E-state index is 0.00426. The third kappa shape index (κ3) is 2.61. The summed E-state index contributed by atoms with van der Waals surface area (Å²) in [7, 11) is 2.41. The molecule has 17 heavy (non-hydrogen) atoms. The molecule has 1 N–H and O–H groups in total. The maximum atomic E-state index is 12.0. The predicted molar refractivity (Wildman–Crippen MR) is 68.2 cm³/mol. The first-order valence-corrected chi connectivity index (χ1v) is 6.94. The van der Waals surface area contributed by atoms with Gasteiger partial charge in [0.15, 0.2) is 0 Å². The Bertz CT molecular complexity index is 422. The molecule has 0 aromatic heterocycles. The first kappa shape index (κ1) is 12.4. The van der Waals surface area contributed by atoms with Crippen LogP contribution in [0.25, 0.3) is 0 Å². The van der Waals surface area contributed by atoms with Gasteiger partial charge in [0.2, 0.25) is 0 Å². The Kier molecular flexibility index (Phi) is 4.02. The molecule has 1 aromatic carbocycles. The molecular formula is C12H17NO3S. The highest BCUT2D eigenvalue weighted by molar-refractivity contribution is 7.85. The monoisotopic (exact) mass is 255 g/mol. The lowest BCUT2D eigenvalue weighted by atomic mass is 10.1. The van der Waals surface area contributed by atoms with Crippen molar-refractivity contribution < 1.29 is 13.7 Å². The lowest BCUT2D eigenvalue weighted by Crippen LogP contribution is -2.35. The molecule has 0 aliphatic carbocycles. The molecule has 1 heterocycles. The summed E-state index contributed by atoms with van der Waals surface area (Å²) in [5.41, 5.74) is 0.985. The van der Waals surface area contributed by atoms with E-state index in [0.29, 0.717) is 5.75 Å². The van der Waals surface area contributed by atoms with Gasteiger partial charge in [-0.3, -0.25) is 4.21 Å². The molecule has 0 saturated carbocycles. The van der Waals surface area contributed by atoms with E-state index in [9.17, 15) is 4.21 Å². The van der Waals surface area contributed by atoms with Crippen molar-refractivity contribution in [2.24, 2.45) is 0 Å². The molecule has 0 radical (unpaired) electrons. The molecule has 2 rings (SSSR count). The molecule has 1 aliphatic rings. The van der Waals surface area contributed by atoms with Crippen LogP contribution in [0, 0.1) is 0 Å². The molecule has 0 bridgehead atoms. The van der Waals surface area contributed by atoms with E-state index >= 15 is 0 Å². The van der Waals surface area contributed by atoms with Crippen molar-refractivity contribution in [2.75, 3.05) is 33.1 Å². The number of ether oxygens (including phenoxy) is 2. The van der Waals surface area contributed by atoms with Crippen LogP contribution in [0.1, 0.15) is 10.8 Å². The van der Waals surface area contributed by atoms with E-state index in [4.69, 9.17) is 9.47 Å². The zero-order valence-electron chi connectivity index (χ0n) is 10.1. The Labute approximate surface area is 104 Å². The van der Waals surface area contributed by atoms with Crippen molar-refractivity contribution in [3.63, 3.8) is 0 Å². The normalized spacial score (nSPS) is 24.4. The van der Waals surface area contributed by atoms with Crippen LogP contribution < -0.4 is 14.8 Å². The van der Waals surface area contributed by atoms with Gasteiger partial charge in [0.05, 0.1) is 19.5 Å². The average molecular weight is 255 g/mol. The highest BCUT2D eigenvalue weighted by Crippen LogP contribution is 2.33. The minimum atomic E-state index is -0.833. The zero-order valence-corrected chi connectivity index (χ0v) is 10.9. The van der Waals surface area contributed by atoms with E-state index in [2.05, 4.69) is 5.32 Å². The maximum absolute atomic E-state index is 12.0. The largest absolute Gasteiger partial charge is 0.497 e. The Morgan fingerprint density at radius 3 is 2.82 bits per heavy atom. The molecule has 0 spiro atoms. The molecule has 1 aliphatic heterocycles. The first-order chi connectivity index (χ1) is 8.26. The number of nitrogens with one attached hydrogen (secondary N) is 1. The quantitative estimate of drug-likeness (QED) is 0.878. The molecule has 2 unspecified atom stereocenters. The Balaban J connectivity index is 2.33. The predicted octanol–water partition coefficient (Wildman–Crippen LogP) is 1.10. The summed E-state index contributed by atoms with van der Waals surface area (Å²) in [6, 6.07) is 5.65. The van der Waals surface area contributed by atoms with Crippen LogP contribution in [-0.4, -0.2) is 37.3 Å². The van der Waals surface area contributed by atoms with Crippen LogP contribution in [0.2, 0.25) is 0 Å². The van der Waals surface area contributed by atoms with E-state index in [1.54, 1.807) is 14.2 Å². The summed E-state index contributed by atoms with van der Waals surface area (Å²) < 4.78 is 22.5. The highest BCUT2D eigenvalue weighted by Gasteiger charge is 2.25. The SMILES string of the molecule is COc1ccc(C2CNCCS2=O)c(OC)c1. The second-order valence-corrected chi connectivity index (χ2v) is 5.62. The van der Waals surface area contributed by atoms with Crippen molar-refractivity contribution in [1.82, 2.24) is 5.32 Å². The molecule has 5 heteroatoms. The molecule has 0 amide bonds. The fourth-order valence-corrected chi connectivity index (χ4v) is 3.39. The van der Waals surface area contributed by atoms with E-state index in [-0.39, 0.29) is 5.25 Å². The van der Waals surface area contributed by atoms with Crippen LogP contribution in [-0.2, 0) is 10.8 Å². The maximum Gasteiger partial charge on any atom is 0.127 e. The van der Waals surface area contributed by atoms with Crippen molar-refractivity contribution in [3.8, 4) is 11.5 Å². The molecule has 1 aromatic rings. The van der Waals surface area contributed by atoms with Gasteiger partial charge in [-0.25, -0.2) is 0 Å². The van der Waals surface area contributed by atoms with Crippen molar-refractivity contribution >= 4 is 10.8 Å². The second kappa shape index (κ2) is 5.51. The molecule has 1 saturated heterocycles. The van der Waals surface area contributed by atoms with Crippen LogP contribution >= 0.6 is 0 Å². The number of rotatable bonds is 3. The lowest BCUT2D eigenvalue weighted by molar-refractivity contribution is 0.390. The van der Waals surface area contributed by atoms with E-state index in [0.717, 1.165) is 30.2 Å². The summed E-state index contributed by atoms with van der Waals surface area (Å²) in [6.07, 6.45) is 0. The lowest BCUT2D eigenvalue weighted by Gasteiger charge is -2.24. The fourth-order valence-electron chi connectivity index (χ4n) is 1.98. The molecular weight excluding hydrogens is 238 g/mol. The Morgan fingerprint density at radius 2 is 2.18 bits per heavy atom. The highest BCUT2D eigenvalue weighted by atomic mass is 32.2. The number of methoxy groups -OCH3 is 2. The van der Waals surface area contributed by atoms with Gasteiger partial charge in [-0.2, -0.15) is 0 Å². The van der Waals surface area contributed by atoms with Crippen molar-refractivity contribution in [1.29, 1.82) is 0 Å². The van der Waals surface area contributed by atoms with E-state index in [1.807, 2.05) is 18.2 Å². The van der Waals surface area contributed by atoms with Crippen LogP contribution in [0.5, 0.6) is 11.5 Å². The van der Waals surface area contributed by atoms with Crippen LogP contribution in [0.3, 0.4) is 0 Å². The van der Waals surface area contributed by atoms with Crippen LogP contribution in [0.15, 0.2) is 18.2 Å². The van der Waals surface area contributed by atoms with Gasteiger partial charge in [0, 0.05) is 41.3 Å². The fraction of sp³-hybridized carbons (Fsp3) is 0.500. The van der Waals surface area contributed by atoms with Gasteiger partial charge in [-0.1, -0.05) is 6.07 Å². The van der Waals surface area contributed by atoms with Gasteiger partial charge in [0.25, 0.3) is 0 Å². The molecule has 94 valence electrons.